The van der Waals surface area contributed by atoms with E-state index in [0.29, 0.717) is 21.8 Å². The van der Waals surface area contributed by atoms with Gasteiger partial charge in [0.25, 0.3) is 17.5 Å². The largest absolute Gasteiger partial charge is 0.339 e. The van der Waals surface area contributed by atoms with Crippen LogP contribution in [-0.2, 0) is 9.59 Å². The van der Waals surface area contributed by atoms with Crippen LogP contribution in [0.2, 0.25) is 5.02 Å². The van der Waals surface area contributed by atoms with Gasteiger partial charge in [0.1, 0.15) is 5.70 Å². The van der Waals surface area contributed by atoms with E-state index >= 15 is 0 Å². The summed E-state index contributed by atoms with van der Waals surface area (Å²) in [5, 5.41) is 11.6. The van der Waals surface area contributed by atoms with E-state index in [1.165, 1.54) is 24.3 Å². The second-order valence-corrected chi connectivity index (χ2v) is 7.74. The number of non-ortho nitro benzene ring substituents is 1. The van der Waals surface area contributed by atoms with Crippen molar-refractivity contribution in [1.82, 2.24) is 0 Å². The van der Waals surface area contributed by atoms with E-state index in [9.17, 15) is 19.7 Å². The summed E-state index contributed by atoms with van der Waals surface area (Å²) in [5.41, 5.74) is 2.49. The number of likely N-dealkylation sites (N-methyl/N-ethyl adjacent to an activating group) is 1. The summed E-state index contributed by atoms with van der Waals surface area (Å²) in [4.78, 5) is 40.5. The van der Waals surface area contributed by atoms with Crippen LogP contribution in [0.4, 0.5) is 17.1 Å². The highest BCUT2D eigenvalue weighted by Crippen LogP contribution is 2.38. The predicted octanol–water partition coefficient (Wildman–Crippen LogP) is 4.98. The van der Waals surface area contributed by atoms with E-state index in [-0.39, 0.29) is 17.0 Å². The van der Waals surface area contributed by atoms with Gasteiger partial charge >= 0.3 is 0 Å². The lowest BCUT2D eigenvalue weighted by Gasteiger charge is -2.22. The molecule has 0 aliphatic carbocycles. The first-order valence-corrected chi connectivity index (χ1v) is 10.1. The number of para-hydroxylation sites is 1. The van der Waals surface area contributed by atoms with Gasteiger partial charge in [-0.15, -0.1) is 0 Å². The number of hydrogen-bond donors (Lipinski definition) is 0. The Morgan fingerprint density at radius 2 is 1.59 bits per heavy atom. The molecule has 1 aliphatic heterocycles. The molecule has 1 aliphatic rings. The number of carbonyl (C=O) groups excluding carboxylic acids is 2. The van der Waals surface area contributed by atoms with Crippen LogP contribution >= 0.6 is 11.6 Å². The fourth-order valence-electron chi connectivity index (χ4n) is 3.71. The van der Waals surface area contributed by atoms with E-state index in [4.69, 9.17) is 11.6 Å². The van der Waals surface area contributed by atoms with Crippen molar-refractivity contribution in [1.29, 1.82) is 0 Å². The molecule has 8 heteroatoms. The first kappa shape index (κ1) is 21.3. The molecular weight excluding hydrogens is 430 g/mol. The van der Waals surface area contributed by atoms with Crippen molar-refractivity contribution in [3.05, 3.63) is 105 Å². The molecule has 0 atom stereocenters. The summed E-state index contributed by atoms with van der Waals surface area (Å²) in [7, 11) is 1.71. The monoisotopic (exact) mass is 447 g/mol. The molecule has 0 radical (unpaired) electrons. The number of rotatable bonds is 5. The van der Waals surface area contributed by atoms with Crippen LogP contribution in [0.25, 0.3) is 5.57 Å². The number of hydrogen-bond acceptors (Lipinski definition) is 5. The third-order valence-electron chi connectivity index (χ3n) is 5.30. The zero-order valence-electron chi connectivity index (χ0n) is 17.3. The highest BCUT2D eigenvalue weighted by molar-refractivity contribution is 6.46. The third kappa shape index (κ3) is 3.63. The lowest BCUT2D eigenvalue weighted by Crippen LogP contribution is -2.34. The van der Waals surface area contributed by atoms with Crippen molar-refractivity contribution in [2.24, 2.45) is 0 Å². The third-order valence-corrected chi connectivity index (χ3v) is 5.54. The maximum absolute atomic E-state index is 13.6. The fourth-order valence-corrected chi connectivity index (χ4v) is 3.94. The van der Waals surface area contributed by atoms with E-state index in [1.54, 1.807) is 37.1 Å². The number of halogens is 1. The molecule has 1 heterocycles. The average molecular weight is 448 g/mol. The number of aryl methyl sites for hydroxylation is 1. The molecule has 0 saturated carbocycles. The Balaban J connectivity index is 1.88. The van der Waals surface area contributed by atoms with Crippen molar-refractivity contribution in [2.75, 3.05) is 16.8 Å². The Labute approximate surface area is 189 Å². The molecule has 0 spiro atoms. The van der Waals surface area contributed by atoms with Crippen LogP contribution in [-0.4, -0.2) is 23.8 Å². The molecule has 0 bridgehead atoms. The molecule has 3 aromatic carbocycles. The Bertz CT molecular complexity index is 1270. The number of benzene rings is 3. The molecule has 7 nitrogen and oxygen atoms in total. The molecule has 0 N–H and O–H groups in total. The van der Waals surface area contributed by atoms with Gasteiger partial charge in [-0.3, -0.25) is 19.7 Å². The van der Waals surface area contributed by atoms with Gasteiger partial charge in [0.05, 0.1) is 16.2 Å². The number of anilines is 2. The van der Waals surface area contributed by atoms with Gasteiger partial charge in [-0.05, 0) is 60.5 Å². The topological polar surface area (TPSA) is 83.8 Å². The van der Waals surface area contributed by atoms with E-state index in [1.807, 2.05) is 30.3 Å². The van der Waals surface area contributed by atoms with Gasteiger partial charge in [0.2, 0.25) is 0 Å². The van der Waals surface area contributed by atoms with E-state index in [0.717, 1.165) is 10.6 Å². The molecule has 3 aromatic rings. The molecule has 0 fully saturated rings. The number of amides is 2. The zero-order chi connectivity index (χ0) is 23.0. The van der Waals surface area contributed by atoms with E-state index < -0.39 is 16.7 Å². The minimum absolute atomic E-state index is 0.102. The fraction of sp³-hybridized carbons (Fsp3) is 0.0833. The zero-order valence-corrected chi connectivity index (χ0v) is 18.0. The molecule has 32 heavy (non-hydrogen) atoms. The normalized spacial score (nSPS) is 13.7. The van der Waals surface area contributed by atoms with Gasteiger partial charge < -0.3 is 4.90 Å². The van der Waals surface area contributed by atoms with Crippen LogP contribution in [0.15, 0.2) is 78.5 Å². The molecule has 160 valence electrons. The van der Waals surface area contributed by atoms with Crippen LogP contribution in [0.3, 0.4) is 0 Å². The quantitative estimate of drug-likeness (QED) is 0.313. The lowest BCUT2D eigenvalue weighted by atomic mass is 10.0. The molecule has 0 unspecified atom stereocenters. The van der Waals surface area contributed by atoms with Gasteiger partial charge in [0.15, 0.2) is 0 Å². The predicted molar refractivity (Wildman–Crippen MR) is 124 cm³/mol. The SMILES string of the molecule is Cc1cc(Cl)ccc1N1C(=O)C(c2ccc([N+](=O)[O-])cc2)=C(N(C)c2ccccc2)C1=O. The van der Waals surface area contributed by atoms with Crippen LogP contribution in [0, 0.1) is 17.0 Å². The minimum atomic E-state index is -0.514. The van der Waals surface area contributed by atoms with Crippen LogP contribution in [0.5, 0.6) is 0 Å². The highest BCUT2D eigenvalue weighted by Gasteiger charge is 2.42. The van der Waals surface area contributed by atoms with Crippen molar-refractivity contribution >= 4 is 46.1 Å². The van der Waals surface area contributed by atoms with Crippen LogP contribution in [0.1, 0.15) is 11.1 Å². The standard InChI is InChI=1S/C24H18ClN3O4/c1-15-14-17(25)10-13-20(15)27-23(29)21(16-8-11-19(12-9-16)28(31)32)22(24(27)30)26(2)18-6-4-3-5-7-18/h3-14H,1-2H3. The Morgan fingerprint density at radius 3 is 2.19 bits per heavy atom. The number of nitro benzene ring substituents is 1. The molecule has 4 rings (SSSR count). The second-order valence-electron chi connectivity index (χ2n) is 7.30. The first-order chi connectivity index (χ1) is 15.3. The number of carbonyl (C=O) groups is 2. The van der Waals surface area contributed by atoms with Crippen molar-refractivity contribution in [2.45, 2.75) is 6.92 Å². The van der Waals surface area contributed by atoms with Crippen molar-refractivity contribution in [3.63, 3.8) is 0 Å². The van der Waals surface area contributed by atoms with Gasteiger partial charge in [-0.2, -0.15) is 0 Å². The van der Waals surface area contributed by atoms with Gasteiger partial charge in [0, 0.05) is 29.9 Å². The smallest absolute Gasteiger partial charge is 0.282 e. The number of imide groups is 1. The Kier molecular flexibility index (Phi) is 5.50. The highest BCUT2D eigenvalue weighted by atomic mass is 35.5. The van der Waals surface area contributed by atoms with Crippen molar-refractivity contribution < 1.29 is 14.5 Å². The minimum Gasteiger partial charge on any atom is -0.339 e. The number of nitrogens with zero attached hydrogens (tertiary/aromatic N) is 3. The van der Waals surface area contributed by atoms with Crippen molar-refractivity contribution in [3.8, 4) is 0 Å². The molecular formula is C24H18ClN3O4. The van der Waals surface area contributed by atoms with E-state index in [2.05, 4.69) is 0 Å². The van der Waals surface area contributed by atoms with Gasteiger partial charge in [-0.1, -0.05) is 29.8 Å². The summed E-state index contributed by atoms with van der Waals surface area (Å²) in [5.74, 6) is -0.993. The first-order valence-electron chi connectivity index (χ1n) is 9.72. The summed E-state index contributed by atoms with van der Waals surface area (Å²) in [6.45, 7) is 1.77. The lowest BCUT2D eigenvalue weighted by molar-refractivity contribution is -0.384. The summed E-state index contributed by atoms with van der Waals surface area (Å²) >= 11 is 6.06. The molecule has 0 saturated heterocycles. The maximum atomic E-state index is 13.6. The Hall–Kier alpha value is -3.97. The maximum Gasteiger partial charge on any atom is 0.282 e. The molecule has 2 amide bonds. The molecule has 0 aromatic heterocycles. The summed E-state index contributed by atoms with van der Waals surface area (Å²) in [6, 6.07) is 19.7. The number of nitro groups is 1. The second kappa shape index (κ2) is 8.28. The van der Waals surface area contributed by atoms with Crippen LogP contribution < -0.4 is 9.80 Å². The average Bonchev–Trinajstić information content (AvgIpc) is 3.04. The Morgan fingerprint density at radius 1 is 0.938 bits per heavy atom. The summed E-state index contributed by atoms with van der Waals surface area (Å²) < 4.78 is 0. The van der Waals surface area contributed by atoms with Gasteiger partial charge in [-0.25, -0.2) is 4.90 Å². The summed E-state index contributed by atoms with van der Waals surface area (Å²) in [6.07, 6.45) is 0.